The van der Waals surface area contributed by atoms with Gasteiger partial charge in [-0.1, -0.05) is 0 Å². The first-order valence-electron chi connectivity index (χ1n) is 15.8. The molecule has 2 aliphatic heterocycles. The van der Waals surface area contributed by atoms with Crippen LogP contribution in [0, 0.1) is 18.6 Å². The molecule has 6 heterocycles. The van der Waals surface area contributed by atoms with Crippen molar-refractivity contribution in [2.24, 2.45) is 0 Å². The molecule has 0 saturated carbocycles. The van der Waals surface area contributed by atoms with Crippen LogP contribution in [0.2, 0.25) is 5.28 Å². The fourth-order valence-corrected chi connectivity index (χ4v) is 7.10. The lowest BCUT2D eigenvalue weighted by Crippen LogP contribution is -2.47. The zero-order chi connectivity index (χ0) is 34.8. The summed E-state index contributed by atoms with van der Waals surface area (Å²) < 4.78 is 37.9. The fraction of sp³-hybridized carbons (Fsp3) is 0.303. The van der Waals surface area contributed by atoms with Gasteiger partial charge < -0.3 is 29.5 Å². The van der Waals surface area contributed by atoms with Crippen molar-refractivity contribution in [3.8, 4) is 22.7 Å². The average molecular weight is 702 g/mol. The molecule has 2 aromatic carbocycles. The number of hydrogen-bond acceptors (Lipinski definition) is 11. The number of aryl methyl sites for hydroxylation is 1. The largest absolute Gasteiger partial charge is 0.506 e. The molecule has 14 nitrogen and oxygen atoms in total. The van der Waals surface area contributed by atoms with Crippen molar-refractivity contribution in [3.05, 3.63) is 71.5 Å². The zero-order valence-corrected chi connectivity index (χ0v) is 27.8. The summed E-state index contributed by atoms with van der Waals surface area (Å²) in [5.41, 5.74) is 2.67. The minimum Gasteiger partial charge on any atom is -0.506 e. The van der Waals surface area contributed by atoms with Gasteiger partial charge in [-0.15, -0.1) is 0 Å². The van der Waals surface area contributed by atoms with Gasteiger partial charge >= 0.3 is 0 Å². The molecule has 0 aliphatic carbocycles. The number of carbonyl (C=O) groups is 1. The van der Waals surface area contributed by atoms with Gasteiger partial charge in [0.25, 0.3) is 0 Å². The Kier molecular flexibility index (Phi) is 7.71. The van der Waals surface area contributed by atoms with Crippen LogP contribution in [0.4, 0.5) is 20.5 Å². The third-order valence-electron chi connectivity index (χ3n) is 9.24. The quantitative estimate of drug-likeness (QED) is 0.257. The number of phenolic OH excluding ortho intramolecular Hbond substituents is 1. The van der Waals surface area contributed by atoms with E-state index in [2.05, 4.69) is 30.4 Å². The summed E-state index contributed by atoms with van der Waals surface area (Å²) in [4.78, 5) is 40.6. The lowest BCUT2D eigenvalue weighted by molar-refractivity contribution is -0.132. The van der Waals surface area contributed by atoms with E-state index < -0.39 is 23.8 Å². The van der Waals surface area contributed by atoms with Gasteiger partial charge in [-0.3, -0.25) is 4.79 Å². The molecule has 1 unspecified atom stereocenters. The van der Waals surface area contributed by atoms with Crippen LogP contribution in [-0.4, -0.2) is 101 Å². The van der Waals surface area contributed by atoms with Crippen LogP contribution in [0.1, 0.15) is 12.2 Å². The second-order valence-electron chi connectivity index (χ2n) is 12.4. The highest BCUT2D eigenvalue weighted by molar-refractivity contribution is 6.28. The number of fused-ring (bicyclic) bond motifs is 6. The normalized spacial score (nSPS) is 19.6. The van der Waals surface area contributed by atoms with E-state index in [-0.39, 0.29) is 47.4 Å². The number of anilines is 2. The summed E-state index contributed by atoms with van der Waals surface area (Å²) in [6, 6.07) is 7.04. The summed E-state index contributed by atoms with van der Waals surface area (Å²) in [5, 5.41) is 18.6. The van der Waals surface area contributed by atoms with E-state index in [4.69, 9.17) is 21.3 Å². The van der Waals surface area contributed by atoms with E-state index in [9.17, 15) is 18.7 Å². The summed E-state index contributed by atoms with van der Waals surface area (Å²) >= 11 is 6.48. The topological polar surface area (TPSA) is 152 Å². The fourth-order valence-electron chi connectivity index (χ4n) is 6.94. The van der Waals surface area contributed by atoms with Gasteiger partial charge in [-0.05, 0) is 49.2 Å². The lowest BCUT2D eigenvalue weighted by Gasteiger charge is -2.31. The molecule has 1 amide bonds. The van der Waals surface area contributed by atoms with Crippen molar-refractivity contribution in [2.45, 2.75) is 38.1 Å². The molecule has 1 saturated heterocycles. The average Bonchev–Trinajstić information content (AvgIpc) is 3.78. The van der Waals surface area contributed by atoms with Crippen molar-refractivity contribution >= 4 is 51.3 Å². The molecule has 17 heteroatoms. The third-order valence-corrected chi connectivity index (χ3v) is 9.41. The number of rotatable bonds is 3. The Morgan fingerprint density at radius 3 is 2.68 bits per heavy atom. The number of benzene rings is 2. The number of likely N-dealkylation sites (N-methyl/N-ethyl adjacent to an activating group) is 1. The minimum atomic E-state index is -0.715. The number of carbonyl (C=O) groups excluding carboxylic acids is 1. The first-order chi connectivity index (χ1) is 24.1. The zero-order valence-electron chi connectivity index (χ0n) is 27.0. The third kappa shape index (κ3) is 5.40. The highest BCUT2D eigenvalue weighted by Gasteiger charge is 2.41. The van der Waals surface area contributed by atoms with Crippen LogP contribution in [0.5, 0.6) is 5.75 Å². The number of phenols is 1. The Morgan fingerprint density at radius 2 is 1.88 bits per heavy atom. The van der Waals surface area contributed by atoms with Crippen LogP contribution in [0.15, 0.2) is 48.8 Å². The SMILES string of the molecule is CO[C@H]1CN(C)C(=O)[C@@H]2CC(CN2c2nc(Cl)nc3c2cnn3-c2ccc(F)cc2O)Nc2nccc(n2)-c2cc(F)cc3nc(C)n(c23)C1. The van der Waals surface area contributed by atoms with E-state index in [1.165, 1.54) is 35.1 Å². The number of ether oxygens (including phenoxy) is 1. The van der Waals surface area contributed by atoms with Crippen LogP contribution in [0.3, 0.4) is 0 Å². The van der Waals surface area contributed by atoms with Gasteiger partial charge in [0.15, 0.2) is 5.65 Å². The molecule has 8 rings (SSSR count). The molecule has 256 valence electrons. The second kappa shape index (κ2) is 12.1. The first-order valence-corrected chi connectivity index (χ1v) is 16.2. The predicted octanol–water partition coefficient (Wildman–Crippen LogP) is 4.11. The Balaban J connectivity index is 1.24. The van der Waals surface area contributed by atoms with Crippen molar-refractivity contribution in [1.82, 2.24) is 44.2 Å². The molecule has 4 bridgehead atoms. The highest BCUT2D eigenvalue weighted by atomic mass is 35.5. The van der Waals surface area contributed by atoms with Crippen LogP contribution in [0.25, 0.3) is 39.0 Å². The van der Waals surface area contributed by atoms with Crippen molar-refractivity contribution in [3.63, 3.8) is 0 Å². The second-order valence-corrected chi connectivity index (χ2v) is 12.8. The first kappa shape index (κ1) is 31.8. The van der Waals surface area contributed by atoms with Gasteiger partial charge in [-0.2, -0.15) is 15.1 Å². The summed E-state index contributed by atoms with van der Waals surface area (Å²) in [7, 11) is 3.30. The Hall–Kier alpha value is -5.48. The number of aromatic nitrogens is 8. The number of amides is 1. The summed E-state index contributed by atoms with van der Waals surface area (Å²) in [6.45, 7) is 2.70. The van der Waals surface area contributed by atoms with E-state index in [0.717, 1.165) is 6.07 Å². The molecular formula is C33H30ClF2N11O3. The number of methoxy groups -OCH3 is 1. The predicted molar refractivity (Wildman–Crippen MR) is 180 cm³/mol. The molecule has 6 aromatic rings. The molecule has 50 heavy (non-hydrogen) atoms. The number of hydrogen-bond donors (Lipinski definition) is 2. The molecule has 0 radical (unpaired) electrons. The minimum absolute atomic E-state index is 0.114. The summed E-state index contributed by atoms with van der Waals surface area (Å²) in [6.07, 6.45) is 3.01. The Labute approximate surface area is 288 Å². The van der Waals surface area contributed by atoms with E-state index in [1.807, 2.05) is 16.4 Å². The Bertz CT molecular complexity index is 2310. The van der Waals surface area contributed by atoms with Crippen molar-refractivity contribution in [1.29, 1.82) is 0 Å². The smallest absolute Gasteiger partial charge is 0.245 e. The van der Waals surface area contributed by atoms with Crippen LogP contribution < -0.4 is 10.2 Å². The van der Waals surface area contributed by atoms with E-state index in [0.29, 0.717) is 58.2 Å². The standard InChI is InChI=1S/C33H30ClF2N11O3/c1-16-39-24-9-18(36)8-21-23-6-7-37-33(41-23)40-19-11-26(31(49)44(2)14-20(50-3)15-45(16)28(21)24)46(13-19)29-22-12-38-47(30(22)43-32(34)42-29)25-5-4-17(35)10-27(25)48/h4-10,12,19-20,26,48H,11,13-15H2,1-3H3,(H,37,40,41)/t19?,20-,26-/m0/s1. The van der Waals surface area contributed by atoms with Gasteiger partial charge in [-0.25, -0.2) is 28.4 Å². The van der Waals surface area contributed by atoms with Crippen molar-refractivity contribution in [2.75, 3.05) is 37.5 Å². The highest BCUT2D eigenvalue weighted by Crippen LogP contribution is 2.36. The van der Waals surface area contributed by atoms with Crippen LogP contribution >= 0.6 is 11.6 Å². The van der Waals surface area contributed by atoms with Gasteiger partial charge in [0.1, 0.15) is 40.8 Å². The monoisotopic (exact) mass is 701 g/mol. The molecule has 1 fully saturated rings. The Morgan fingerprint density at radius 1 is 1.04 bits per heavy atom. The molecule has 2 N–H and O–H groups in total. The lowest BCUT2D eigenvalue weighted by atomic mass is 10.1. The van der Waals surface area contributed by atoms with Gasteiger partial charge in [0.2, 0.25) is 17.1 Å². The number of nitrogens with one attached hydrogen (secondary N) is 1. The van der Waals surface area contributed by atoms with Crippen LogP contribution in [-0.2, 0) is 16.1 Å². The van der Waals surface area contributed by atoms with E-state index in [1.54, 1.807) is 31.3 Å². The maximum Gasteiger partial charge on any atom is 0.245 e. The number of aromatic hydroxyl groups is 1. The van der Waals surface area contributed by atoms with Gasteiger partial charge in [0, 0.05) is 57.2 Å². The maximum absolute atomic E-state index is 14.9. The van der Waals surface area contributed by atoms with E-state index >= 15 is 0 Å². The number of nitrogens with zero attached hydrogens (tertiary/aromatic N) is 10. The number of imidazole rings is 1. The molecule has 0 spiro atoms. The summed E-state index contributed by atoms with van der Waals surface area (Å²) in [5.74, 6) is -0.289. The maximum atomic E-state index is 14.9. The van der Waals surface area contributed by atoms with Gasteiger partial charge in [0.05, 0.1) is 41.0 Å². The molecular weight excluding hydrogens is 672 g/mol. The number of halogens is 3. The molecule has 3 atom stereocenters. The van der Waals surface area contributed by atoms with Crippen molar-refractivity contribution < 1.29 is 23.4 Å². The molecule has 4 aromatic heterocycles. The molecule has 2 aliphatic rings.